The van der Waals surface area contributed by atoms with Crippen molar-refractivity contribution in [3.8, 4) is 0 Å². The third kappa shape index (κ3) is 4.91. The summed E-state index contributed by atoms with van der Waals surface area (Å²) in [5, 5.41) is 12.9. The standard InChI is InChI=1S/C22H22ClN3O4S/c23-18-12-15-11-16(25-20(15)31-18)19(27)24-17(10-13-4-2-1-3-5-13)21(28)26-8-6-14(7-9-26)22(29)30/h1-5,11-12,14,17,25H,6-10H2,(H,24,27)(H,29,30). The smallest absolute Gasteiger partial charge is 0.306 e. The molecule has 1 atom stereocenters. The summed E-state index contributed by atoms with van der Waals surface area (Å²) < 4.78 is 0.634. The van der Waals surface area contributed by atoms with Crippen LogP contribution in [0.2, 0.25) is 4.34 Å². The second-order valence-corrected chi connectivity index (χ2v) is 9.36. The van der Waals surface area contributed by atoms with Crippen LogP contribution >= 0.6 is 22.9 Å². The number of aliphatic carboxylic acids is 1. The number of fused-ring (bicyclic) bond motifs is 1. The van der Waals surface area contributed by atoms with Gasteiger partial charge in [0.05, 0.1) is 10.3 Å². The van der Waals surface area contributed by atoms with E-state index in [1.54, 1.807) is 17.0 Å². The summed E-state index contributed by atoms with van der Waals surface area (Å²) in [6.45, 7) is 0.737. The Bertz CT molecular complexity index is 1070. The van der Waals surface area contributed by atoms with Gasteiger partial charge < -0.3 is 20.3 Å². The molecule has 0 spiro atoms. The summed E-state index contributed by atoms with van der Waals surface area (Å²) in [5.41, 5.74) is 1.30. The molecule has 31 heavy (non-hydrogen) atoms. The summed E-state index contributed by atoms with van der Waals surface area (Å²) in [6.07, 6.45) is 1.19. The molecule has 4 rings (SSSR count). The van der Waals surface area contributed by atoms with E-state index >= 15 is 0 Å². The molecule has 3 heterocycles. The number of carbonyl (C=O) groups excluding carboxylic acids is 2. The number of aromatic amines is 1. The fourth-order valence-electron chi connectivity index (χ4n) is 3.87. The number of carboxylic acids is 1. The summed E-state index contributed by atoms with van der Waals surface area (Å²) in [7, 11) is 0. The van der Waals surface area contributed by atoms with Crippen molar-refractivity contribution in [1.82, 2.24) is 15.2 Å². The van der Waals surface area contributed by atoms with E-state index < -0.39 is 17.9 Å². The lowest BCUT2D eigenvalue weighted by Crippen LogP contribution is -2.52. The van der Waals surface area contributed by atoms with Crippen LogP contribution in [0.25, 0.3) is 10.2 Å². The molecule has 1 aromatic carbocycles. The Kier molecular flexibility index (Phi) is 6.29. The number of thiophene rings is 1. The van der Waals surface area contributed by atoms with Gasteiger partial charge in [-0.2, -0.15) is 0 Å². The lowest BCUT2D eigenvalue weighted by atomic mass is 9.96. The Balaban J connectivity index is 1.50. The summed E-state index contributed by atoms with van der Waals surface area (Å²) in [6, 6.07) is 12.3. The van der Waals surface area contributed by atoms with Crippen molar-refractivity contribution in [2.75, 3.05) is 13.1 Å². The molecule has 1 unspecified atom stereocenters. The number of carbonyl (C=O) groups is 3. The zero-order valence-corrected chi connectivity index (χ0v) is 18.2. The van der Waals surface area contributed by atoms with Crippen LogP contribution in [-0.2, 0) is 16.0 Å². The van der Waals surface area contributed by atoms with Crippen LogP contribution in [0.1, 0.15) is 28.9 Å². The first-order valence-corrected chi connectivity index (χ1v) is 11.2. The lowest BCUT2D eigenvalue weighted by molar-refractivity contribution is -0.146. The van der Waals surface area contributed by atoms with Gasteiger partial charge >= 0.3 is 5.97 Å². The maximum absolute atomic E-state index is 13.3. The number of piperidine rings is 1. The Morgan fingerprint density at radius 2 is 1.90 bits per heavy atom. The second-order valence-electron chi connectivity index (χ2n) is 7.67. The SMILES string of the molecule is O=C(NC(Cc1ccccc1)C(=O)N1CCC(C(=O)O)CC1)c1cc2cc(Cl)sc2[nH]1. The molecule has 3 aromatic rings. The van der Waals surface area contributed by atoms with E-state index in [0.717, 1.165) is 15.8 Å². The predicted molar refractivity (Wildman–Crippen MR) is 120 cm³/mol. The molecule has 0 saturated carbocycles. The average Bonchev–Trinajstić information content (AvgIpc) is 3.31. The monoisotopic (exact) mass is 459 g/mol. The molecule has 0 radical (unpaired) electrons. The molecule has 0 aliphatic carbocycles. The highest BCUT2D eigenvalue weighted by molar-refractivity contribution is 7.22. The maximum Gasteiger partial charge on any atom is 0.306 e. The van der Waals surface area contributed by atoms with Gasteiger partial charge in [-0.15, -0.1) is 11.3 Å². The van der Waals surface area contributed by atoms with Gasteiger partial charge in [0, 0.05) is 24.9 Å². The molecule has 3 N–H and O–H groups in total. The van der Waals surface area contributed by atoms with E-state index in [0.29, 0.717) is 42.4 Å². The van der Waals surface area contributed by atoms with Gasteiger partial charge in [-0.1, -0.05) is 41.9 Å². The Morgan fingerprint density at radius 1 is 1.19 bits per heavy atom. The summed E-state index contributed by atoms with van der Waals surface area (Å²) in [4.78, 5) is 42.9. The largest absolute Gasteiger partial charge is 0.481 e. The molecule has 1 fully saturated rings. The van der Waals surface area contributed by atoms with E-state index in [1.807, 2.05) is 30.3 Å². The number of H-pyrrole nitrogens is 1. The van der Waals surface area contributed by atoms with Crippen LogP contribution in [-0.4, -0.2) is 51.9 Å². The number of rotatable bonds is 6. The van der Waals surface area contributed by atoms with Gasteiger partial charge in [0.1, 0.15) is 16.6 Å². The fraction of sp³-hybridized carbons (Fsp3) is 0.318. The molecule has 2 amide bonds. The first kappa shape index (κ1) is 21.4. The maximum atomic E-state index is 13.3. The molecular formula is C22H22ClN3O4S. The van der Waals surface area contributed by atoms with E-state index in [1.165, 1.54) is 11.3 Å². The number of nitrogens with zero attached hydrogens (tertiary/aromatic N) is 1. The topological polar surface area (TPSA) is 102 Å². The number of carboxylic acid groups (broad SMARTS) is 1. The number of nitrogens with one attached hydrogen (secondary N) is 2. The van der Waals surface area contributed by atoms with Crippen molar-refractivity contribution in [2.24, 2.45) is 5.92 Å². The quantitative estimate of drug-likeness (QED) is 0.524. The Hall–Kier alpha value is -2.84. The molecule has 1 saturated heterocycles. The number of hydrogen-bond donors (Lipinski definition) is 3. The molecule has 1 aliphatic rings. The molecular weight excluding hydrogens is 438 g/mol. The molecule has 7 nitrogen and oxygen atoms in total. The predicted octanol–water partition coefficient (Wildman–Crippen LogP) is 3.55. The van der Waals surface area contributed by atoms with Crippen LogP contribution in [0.15, 0.2) is 42.5 Å². The van der Waals surface area contributed by atoms with Crippen molar-refractivity contribution >= 4 is 50.9 Å². The number of hydrogen-bond acceptors (Lipinski definition) is 4. The van der Waals surface area contributed by atoms with Crippen molar-refractivity contribution in [2.45, 2.75) is 25.3 Å². The van der Waals surface area contributed by atoms with Crippen molar-refractivity contribution in [3.63, 3.8) is 0 Å². The number of amides is 2. The first-order chi connectivity index (χ1) is 14.9. The number of aromatic nitrogens is 1. The molecule has 1 aliphatic heterocycles. The van der Waals surface area contributed by atoms with E-state index in [4.69, 9.17) is 11.6 Å². The zero-order valence-electron chi connectivity index (χ0n) is 16.6. The third-order valence-electron chi connectivity index (χ3n) is 5.57. The summed E-state index contributed by atoms with van der Waals surface area (Å²) in [5.74, 6) is -1.82. The molecule has 162 valence electrons. The van der Waals surface area contributed by atoms with E-state index in [2.05, 4.69) is 10.3 Å². The van der Waals surface area contributed by atoms with E-state index in [-0.39, 0.29) is 11.8 Å². The van der Waals surface area contributed by atoms with Crippen LogP contribution in [0, 0.1) is 5.92 Å². The normalized spacial score (nSPS) is 15.7. The van der Waals surface area contributed by atoms with E-state index in [9.17, 15) is 19.5 Å². The summed E-state index contributed by atoms with van der Waals surface area (Å²) >= 11 is 7.35. The number of benzene rings is 1. The Labute approximate surface area is 188 Å². The fourth-order valence-corrected chi connectivity index (χ4v) is 4.99. The Morgan fingerprint density at radius 3 is 2.55 bits per heavy atom. The number of likely N-dealkylation sites (tertiary alicyclic amines) is 1. The van der Waals surface area contributed by atoms with Crippen LogP contribution in [0.5, 0.6) is 0 Å². The van der Waals surface area contributed by atoms with Crippen molar-refractivity contribution < 1.29 is 19.5 Å². The van der Waals surface area contributed by atoms with Gasteiger partial charge in [0.25, 0.3) is 5.91 Å². The highest BCUT2D eigenvalue weighted by atomic mass is 35.5. The minimum atomic E-state index is -0.826. The molecule has 9 heteroatoms. The van der Waals surface area contributed by atoms with Crippen LogP contribution in [0.3, 0.4) is 0 Å². The minimum Gasteiger partial charge on any atom is -0.481 e. The van der Waals surface area contributed by atoms with Crippen molar-refractivity contribution in [1.29, 1.82) is 0 Å². The first-order valence-electron chi connectivity index (χ1n) is 10.0. The van der Waals surface area contributed by atoms with Gasteiger partial charge in [0.2, 0.25) is 5.91 Å². The number of halogens is 1. The van der Waals surface area contributed by atoms with Gasteiger partial charge in [-0.3, -0.25) is 14.4 Å². The van der Waals surface area contributed by atoms with Gasteiger partial charge in [0.15, 0.2) is 0 Å². The minimum absolute atomic E-state index is 0.197. The van der Waals surface area contributed by atoms with Gasteiger partial charge in [-0.25, -0.2) is 0 Å². The third-order valence-corrected chi connectivity index (χ3v) is 6.76. The highest BCUT2D eigenvalue weighted by Gasteiger charge is 2.32. The second kappa shape index (κ2) is 9.11. The molecule has 0 bridgehead atoms. The van der Waals surface area contributed by atoms with Gasteiger partial charge in [-0.05, 0) is 30.5 Å². The van der Waals surface area contributed by atoms with Crippen LogP contribution in [0.4, 0.5) is 0 Å². The molecule has 2 aromatic heterocycles. The van der Waals surface area contributed by atoms with Crippen LogP contribution < -0.4 is 5.32 Å². The zero-order chi connectivity index (χ0) is 22.0. The average molecular weight is 460 g/mol. The highest BCUT2D eigenvalue weighted by Crippen LogP contribution is 2.29. The lowest BCUT2D eigenvalue weighted by Gasteiger charge is -2.33. The van der Waals surface area contributed by atoms with Crippen molar-refractivity contribution in [3.05, 3.63) is 58.1 Å².